The summed E-state index contributed by atoms with van der Waals surface area (Å²) in [6.45, 7) is 0.479. The molecule has 0 saturated heterocycles. The first-order valence-corrected chi connectivity index (χ1v) is 8.85. The second-order valence-electron chi connectivity index (χ2n) is 6.18. The van der Waals surface area contributed by atoms with Crippen molar-refractivity contribution in [2.75, 3.05) is 11.9 Å². The Morgan fingerprint density at radius 2 is 1.68 bits per heavy atom. The molecule has 2 aromatic rings. The monoisotopic (exact) mass is 376 g/mol. The molecule has 0 aromatic heterocycles. The summed E-state index contributed by atoms with van der Waals surface area (Å²) in [7, 11) is 0. The van der Waals surface area contributed by atoms with E-state index in [1.54, 1.807) is 24.3 Å². The lowest BCUT2D eigenvalue weighted by Crippen LogP contribution is -2.40. The predicted molar refractivity (Wildman–Crippen MR) is 99.9 cm³/mol. The van der Waals surface area contributed by atoms with Gasteiger partial charge >= 0.3 is 0 Å². The second-order valence-corrected chi connectivity index (χ2v) is 7.05. The third-order valence-corrected chi connectivity index (χ3v) is 4.80. The summed E-state index contributed by atoms with van der Waals surface area (Å²) in [6, 6.07) is 14.4. The molecule has 6 heteroatoms. The van der Waals surface area contributed by atoms with Crippen molar-refractivity contribution in [1.82, 2.24) is 5.32 Å². The van der Waals surface area contributed by atoms with Gasteiger partial charge in [0, 0.05) is 22.3 Å². The fraction of sp³-hybridized carbons (Fsp3) is 0.263. The second kappa shape index (κ2) is 7.46. The van der Waals surface area contributed by atoms with Gasteiger partial charge in [-0.3, -0.25) is 9.59 Å². The highest BCUT2D eigenvalue weighted by Gasteiger charge is 2.56. The van der Waals surface area contributed by atoms with Crippen molar-refractivity contribution >= 4 is 40.7 Å². The van der Waals surface area contributed by atoms with E-state index >= 15 is 0 Å². The number of carbonyl (C=O) groups is 2. The fourth-order valence-electron chi connectivity index (χ4n) is 2.64. The third kappa shape index (κ3) is 4.33. The number of amides is 2. The van der Waals surface area contributed by atoms with E-state index in [4.69, 9.17) is 23.2 Å². The molecule has 3 rings (SSSR count). The van der Waals surface area contributed by atoms with Crippen molar-refractivity contribution in [3.63, 3.8) is 0 Å². The summed E-state index contributed by atoms with van der Waals surface area (Å²) in [5.74, 6) is -0.500. The van der Waals surface area contributed by atoms with Gasteiger partial charge in [-0.25, -0.2) is 0 Å². The lowest BCUT2D eigenvalue weighted by Gasteiger charge is -2.15. The molecule has 2 aromatic carbocycles. The summed E-state index contributed by atoms with van der Waals surface area (Å²) < 4.78 is 0. The molecule has 1 aliphatic carbocycles. The average molecular weight is 377 g/mol. The van der Waals surface area contributed by atoms with Crippen LogP contribution < -0.4 is 10.6 Å². The highest BCUT2D eigenvalue weighted by molar-refractivity contribution is 6.31. The molecule has 1 saturated carbocycles. The smallest absolute Gasteiger partial charge is 0.240 e. The van der Waals surface area contributed by atoms with E-state index in [9.17, 15) is 9.59 Å². The number of benzene rings is 2. The van der Waals surface area contributed by atoms with Crippen LogP contribution in [-0.4, -0.2) is 18.4 Å². The van der Waals surface area contributed by atoms with Crippen LogP contribution in [0.2, 0.25) is 10.0 Å². The zero-order valence-electron chi connectivity index (χ0n) is 13.5. The number of hydrogen-bond acceptors (Lipinski definition) is 2. The Labute approximate surface area is 156 Å². The van der Waals surface area contributed by atoms with E-state index in [1.165, 1.54) is 0 Å². The summed E-state index contributed by atoms with van der Waals surface area (Å²) in [6.07, 6.45) is 1.81. The number of nitrogens with one attached hydrogen (secondary N) is 2. The Morgan fingerprint density at radius 1 is 0.960 bits per heavy atom. The van der Waals surface area contributed by atoms with E-state index < -0.39 is 5.41 Å². The molecule has 0 aliphatic heterocycles. The summed E-state index contributed by atoms with van der Waals surface area (Å²) in [5, 5.41) is 6.87. The zero-order valence-corrected chi connectivity index (χ0v) is 15.0. The van der Waals surface area contributed by atoms with Gasteiger partial charge in [0.25, 0.3) is 0 Å². The minimum atomic E-state index is -0.956. The molecular weight excluding hydrogens is 359 g/mol. The van der Waals surface area contributed by atoms with Gasteiger partial charge in [0.2, 0.25) is 11.8 Å². The van der Waals surface area contributed by atoms with Crippen LogP contribution in [0.4, 0.5) is 5.69 Å². The summed E-state index contributed by atoms with van der Waals surface area (Å²) >= 11 is 11.8. The van der Waals surface area contributed by atoms with Gasteiger partial charge in [-0.1, -0.05) is 41.4 Å². The number of hydrogen-bond donors (Lipinski definition) is 2. The van der Waals surface area contributed by atoms with Crippen LogP contribution in [0.15, 0.2) is 48.5 Å². The molecule has 0 heterocycles. The first kappa shape index (κ1) is 17.8. The normalized spacial score (nSPS) is 14.6. The molecular formula is C19H18Cl2N2O2. The highest BCUT2D eigenvalue weighted by Crippen LogP contribution is 2.46. The minimum absolute atomic E-state index is 0.221. The standard InChI is InChI=1S/C19H18Cl2N2O2/c20-14-6-4-13(5-7-14)8-11-22-17(24)19(9-10-19)18(25)23-16-3-1-2-15(21)12-16/h1-7,12H,8-11H2,(H,22,24)(H,23,25). The van der Waals surface area contributed by atoms with Crippen molar-refractivity contribution in [3.05, 3.63) is 64.1 Å². The van der Waals surface area contributed by atoms with Gasteiger partial charge in [-0.2, -0.15) is 0 Å². The van der Waals surface area contributed by atoms with E-state index in [0.717, 1.165) is 5.56 Å². The predicted octanol–water partition coefficient (Wildman–Crippen LogP) is 4.07. The van der Waals surface area contributed by atoms with Crippen LogP contribution in [0.5, 0.6) is 0 Å². The van der Waals surface area contributed by atoms with E-state index in [2.05, 4.69) is 10.6 Å². The SMILES string of the molecule is O=C(NCCc1ccc(Cl)cc1)C1(C(=O)Nc2cccc(Cl)c2)CC1. The Hall–Kier alpha value is -2.04. The number of halogens is 2. The molecule has 0 radical (unpaired) electrons. The topological polar surface area (TPSA) is 58.2 Å². The molecule has 0 spiro atoms. The average Bonchev–Trinajstić information content (AvgIpc) is 3.38. The summed E-state index contributed by atoms with van der Waals surface area (Å²) in [4.78, 5) is 24.9. The maximum Gasteiger partial charge on any atom is 0.240 e. The Kier molecular flexibility index (Phi) is 5.30. The zero-order chi connectivity index (χ0) is 17.9. The molecule has 1 fully saturated rings. The minimum Gasteiger partial charge on any atom is -0.355 e. The van der Waals surface area contributed by atoms with E-state index in [0.29, 0.717) is 41.5 Å². The molecule has 2 N–H and O–H groups in total. The van der Waals surface area contributed by atoms with Crippen LogP contribution >= 0.6 is 23.2 Å². The van der Waals surface area contributed by atoms with Crippen LogP contribution in [0, 0.1) is 5.41 Å². The molecule has 2 amide bonds. The van der Waals surface area contributed by atoms with E-state index in [1.807, 2.05) is 24.3 Å². The van der Waals surface area contributed by atoms with E-state index in [-0.39, 0.29) is 11.8 Å². The molecule has 130 valence electrons. The van der Waals surface area contributed by atoms with Crippen molar-refractivity contribution in [3.8, 4) is 0 Å². The number of anilines is 1. The number of rotatable bonds is 6. The molecule has 25 heavy (non-hydrogen) atoms. The van der Waals surface area contributed by atoms with Crippen LogP contribution in [0.3, 0.4) is 0 Å². The lowest BCUT2D eigenvalue weighted by atomic mass is 10.0. The quantitative estimate of drug-likeness (QED) is 0.746. The molecule has 4 nitrogen and oxygen atoms in total. The molecule has 1 aliphatic rings. The van der Waals surface area contributed by atoms with Crippen molar-refractivity contribution < 1.29 is 9.59 Å². The van der Waals surface area contributed by atoms with Crippen molar-refractivity contribution in [1.29, 1.82) is 0 Å². The largest absolute Gasteiger partial charge is 0.355 e. The summed E-state index contributed by atoms with van der Waals surface area (Å²) in [5.41, 5.74) is 0.721. The van der Waals surface area contributed by atoms with Crippen LogP contribution in [0.1, 0.15) is 18.4 Å². The lowest BCUT2D eigenvalue weighted by molar-refractivity contribution is -0.134. The Morgan fingerprint density at radius 3 is 2.32 bits per heavy atom. The van der Waals surface area contributed by atoms with Gasteiger partial charge in [0.1, 0.15) is 5.41 Å². The van der Waals surface area contributed by atoms with Crippen molar-refractivity contribution in [2.24, 2.45) is 5.41 Å². The number of carbonyl (C=O) groups excluding carboxylic acids is 2. The maximum absolute atomic E-state index is 12.5. The first-order valence-electron chi connectivity index (χ1n) is 8.09. The van der Waals surface area contributed by atoms with Gasteiger partial charge in [0.05, 0.1) is 0 Å². The van der Waals surface area contributed by atoms with Crippen LogP contribution in [0.25, 0.3) is 0 Å². The van der Waals surface area contributed by atoms with Gasteiger partial charge in [0.15, 0.2) is 0 Å². The maximum atomic E-state index is 12.5. The van der Waals surface area contributed by atoms with Gasteiger partial charge in [-0.05, 0) is 55.2 Å². The van der Waals surface area contributed by atoms with Gasteiger partial charge in [-0.15, -0.1) is 0 Å². The Balaban J connectivity index is 1.53. The first-order chi connectivity index (χ1) is 12.0. The highest BCUT2D eigenvalue weighted by atomic mass is 35.5. The Bertz CT molecular complexity index is 786. The third-order valence-electron chi connectivity index (χ3n) is 4.31. The molecule has 0 bridgehead atoms. The molecule has 0 atom stereocenters. The fourth-order valence-corrected chi connectivity index (χ4v) is 2.96. The molecule has 0 unspecified atom stereocenters. The van der Waals surface area contributed by atoms with Gasteiger partial charge < -0.3 is 10.6 Å². The van der Waals surface area contributed by atoms with Crippen molar-refractivity contribution in [2.45, 2.75) is 19.3 Å². The van der Waals surface area contributed by atoms with Crippen LogP contribution in [-0.2, 0) is 16.0 Å².